The van der Waals surface area contributed by atoms with Gasteiger partial charge < -0.3 is 15.2 Å². The number of nitrogens with one attached hydrogen (secondary N) is 1. The van der Waals surface area contributed by atoms with Gasteiger partial charge in [-0.25, -0.2) is 0 Å². The average molecular weight is 327 g/mol. The van der Waals surface area contributed by atoms with Gasteiger partial charge in [-0.15, -0.1) is 0 Å². The summed E-state index contributed by atoms with van der Waals surface area (Å²) in [6.07, 6.45) is 3.91. The van der Waals surface area contributed by atoms with Crippen LogP contribution in [0.1, 0.15) is 25.7 Å². The molecule has 1 aromatic carbocycles. The zero-order valence-corrected chi connectivity index (χ0v) is 13.6. The van der Waals surface area contributed by atoms with Crippen molar-refractivity contribution in [3.05, 3.63) is 23.2 Å². The van der Waals surface area contributed by atoms with Crippen LogP contribution in [0, 0.1) is 0 Å². The van der Waals surface area contributed by atoms with E-state index in [2.05, 4.69) is 10.2 Å². The number of likely N-dealkylation sites (tertiary alicyclic amines) is 1. The van der Waals surface area contributed by atoms with Crippen molar-refractivity contribution in [2.45, 2.75) is 31.7 Å². The maximum absolute atomic E-state index is 12.3. The number of hydrogen-bond donors (Lipinski definition) is 2. The minimum Gasteiger partial charge on any atom is -0.495 e. The molecular formula is C16H23ClN2O3. The summed E-state index contributed by atoms with van der Waals surface area (Å²) in [5, 5.41) is 12.4. The van der Waals surface area contributed by atoms with E-state index >= 15 is 0 Å². The highest BCUT2D eigenvalue weighted by molar-refractivity contribution is 6.31. The van der Waals surface area contributed by atoms with Crippen LogP contribution in [0.2, 0.25) is 5.02 Å². The summed E-state index contributed by atoms with van der Waals surface area (Å²) in [5.74, 6) is 0.521. The van der Waals surface area contributed by atoms with Crippen LogP contribution < -0.4 is 10.1 Å². The lowest BCUT2D eigenvalue weighted by atomic mass is 10.1. The van der Waals surface area contributed by atoms with E-state index in [0.29, 0.717) is 29.0 Å². The lowest BCUT2D eigenvalue weighted by Crippen LogP contribution is -2.37. The first-order valence-corrected chi connectivity index (χ1v) is 8.00. The first-order valence-electron chi connectivity index (χ1n) is 7.62. The standard InChI is InChI=1S/C16H23ClN2O3/c1-22-15-7-6-12(17)10-14(15)18-16(21)11-19-8-2-4-13(19)5-3-9-20/h6-7,10,13,20H,2-5,8-9,11H2,1H3,(H,18,21). The number of halogens is 1. The molecule has 1 saturated heterocycles. The first-order chi connectivity index (χ1) is 10.6. The molecule has 0 aromatic heterocycles. The number of carbonyl (C=O) groups is 1. The van der Waals surface area contributed by atoms with Gasteiger partial charge in [-0.05, 0) is 50.4 Å². The van der Waals surface area contributed by atoms with Gasteiger partial charge in [0.15, 0.2) is 0 Å². The first kappa shape index (κ1) is 17.1. The molecule has 0 bridgehead atoms. The van der Waals surface area contributed by atoms with Gasteiger partial charge in [-0.1, -0.05) is 11.6 Å². The predicted molar refractivity (Wildman–Crippen MR) is 87.5 cm³/mol. The Bertz CT molecular complexity index is 510. The SMILES string of the molecule is COc1ccc(Cl)cc1NC(=O)CN1CCCC1CCCO. The Morgan fingerprint density at radius 1 is 1.55 bits per heavy atom. The number of aliphatic hydroxyl groups excluding tert-OH is 1. The highest BCUT2D eigenvalue weighted by Crippen LogP contribution is 2.28. The molecule has 22 heavy (non-hydrogen) atoms. The van der Waals surface area contributed by atoms with E-state index in [1.165, 1.54) is 0 Å². The van der Waals surface area contributed by atoms with Crippen molar-refractivity contribution >= 4 is 23.2 Å². The van der Waals surface area contributed by atoms with Gasteiger partial charge in [0.25, 0.3) is 0 Å². The van der Waals surface area contributed by atoms with E-state index in [1.54, 1.807) is 25.3 Å². The van der Waals surface area contributed by atoms with Crippen molar-refractivity contribution in [2.75, 3.05) is 32.1 Å². The van der Waals surface area contributed by atoms with Gasteiger partial charge in [0.1, 0.15) is 5.75 Å². The number of benzene rings is 1. The van der Waals surface area contributed by atoms with Crippen LogP contribution in [0.3, 0.4) is 0 Å². The van der Waals surface area contributed by atoms with Gasteiger partial charge in [-0.2, -0.15) is 0 Å². The maximum atomic E-state index is 12.3. The van der Waals surface area contributed by atoms with E-state index < -0.39 is 0 Å². The van der Waals surface area contributed by atoms with Crippen molar-refractivity contribution in [1.82, 2.24) is 4.90 Å². The topological polar surface area (TPSA) is 61.8 Å². The third-order valence-corrected chi connectivity index (χ3v) is 4.21. The van der Waals surface area contributed by atoms with Crippen LogP contribution >= 0.6 is 11.6 Å². The fourth-order valence-electron chi connectivity index (χ4n) is 2.91. The van der Waals surface area contributed by atoms with Crippen molar-refractivity contribution in [3.63, 3.8) is 0 Å². The molecule has 122 valence electrons. The lowest BCUT2D eigenvalue weighted by Gasteiger charge is -2.23. The Labute approximate surface area is 136 Å². The Kier molecular flexibility index (Phi) is 6.49. The van der Waals surface area contributed by atoms with Crippen molar-refractivity contribution < 1.29 is 14.6 Å². The third-order valence-electron chi connectivity index (χ3n) is 3.98. The molecule has 1 aromatic rings. The molecule has 6 heteroatoms. The van der Waals surface area contributed by atoms with Crippen LogP contribution in [0.5, 0.6) is 5.75 Å². The third kappa shape index (κ3) is 4.60. The number of ether oxygens (including phenoxy) is 1. The molecule has 1 aliphatic rings. The number of hydrogen-bond acceptors (Lipinski definition) is 4. The van der Waals surface area contributed by atoms with Crippen LogP contribution in [-0.2, 0) is 4.79 Å². The zero-order chi connectivity index (χ0) is 15.9. The second-order valence-electron chi connectivity index (χ2n) is 5.53. The Morgan fingerprint density at radius 2 is 2.36 bits per heavy atom. The molecular weight excluding hydrogens is 304 g/mol. The van der Waals surface area contributed by atoms with Crippen molar-refractivity contribution in [2.24, 2.45) is 0 Å². The summed E-state index contributed by atoms with van der Waals surface area (Å²) in [7, 11) is 1.56. The number of carbonyl (C=O) groups excluding carboxylic acids is 1. The summed E-state index contributed by atoms with van der Waals surface area (Å²) in [5.41, 5.74) is 0.589. The number of anilines is 1. The predicted octanol–water partition coefficient (Wildman–Crippen LogP) is 2.52. The molecule has 1 heterocycles. The molecule has 1 atom stereocenters. The smallest absolute Gasteiger partial charge is 0.238 e. The van der Waals surface area contributed by atoms with Gasteiger partial charge in [0, 0.05) is 17.7 Å². The molecule has 5 nitrogen and oxygen atoms in total. The normalized spacial score (nSPS) is 18.4. The summed E-state index contributed by atoms with van der Waals surface area (Å²) in [6, 6.07) is 5.53. The zero-order valence-electron chi connectivity index (χ0n) is 12.8. The average Bonchev–Trinajstić information content (AvgIpc) is 2.92. The molecule has 1 unspecified atom stereocenters. The van der Waals surface area contributed by atoms with E-state index in [9.17, 15) is 4.79 Å². The molecule has 0 saturated carbocycles. The number of amides is 1. The highest BCUT2D eigenvalue weighted by atomic mass is 35.5. The highest BCUT2D eigenvalue weighted by Gasteiger charge is 2.25. The summed E-state index contributed by atoms with van der Waals surface area (Å²) in [4.78, 5) is 14.4. The Morgan fingerprint density at radius 3 is 3.09 bits per heavy atom. The van der Waals surface area contributed by atoms with Crippen LogP contribution in [0.4, 0.5) is 5.69 Å². The molecule has 1 aliphatic heterocycles. The van der Waals surface area contributed by atoms with E-state index in [0.717, 1.165) is 32.2 Å². The molecule has 2 rings (SSSR count). The quantitative estimate of drug-likeness (QED) is 0.808. The van der Waals surface area contributed by atoms with Gasteiger partial charge in [-0.3, -0.25) is 9.69 Å². The molecule has 0 radical (unpaired) electrons. The van der Waals surface area contributed by atoms with Gasteiger partial charge in [0.05, 0.1) is 19.3 Å². The van der Waals surface area contributed by atoms with Crippen molar-refractivity contribution in [3.8, 4) is 5.75 Å². The molecule has 0 aliphatic carbocycles. The van der Waals surface area contributed by atoms with Crippen molar-refractivity contribution in [1.29, 1.82) is 0 Å². The van der Waals surface area contributed by atoms with Crippen LogP contribution in [0.25, 0.3) is 0 Å². The van der Waals surface area contributed by atoms with Gasteiger partial charge >= 0.3 is 0 Å². The summed E-state index contributed by atoms with van der Waals surface area (Å²) in [6.45, 7) is 1.48. The number of rotatable bonds is 7. The maximum Gasteiger partial charge on any atom is 0.238 e. The summed E-state index contributed by atoms with van der Waals surface area (Å²) < 4.78 is 5.23. The number of nitrogens with zero attached hydrogens (tertiary/aromatic N) is 1. The van der Waals surface area contributed by atoms with Crippen LogP contribution in [0.15, 0.2) is 18.2 Å². The minimum absolute atomic E-state index is 0.0727. The fraction of sp³-hybridized carbons (Fsp3) is 0.562. The molecule has 2 N–H and O–H groups in total. The Hall–Kier alpha value is -1.30. The number of methoxy groups -OCH3 is 1. The molecule has 1 fully saturated rings. The second kappa shape index (κ2) is 8.36. The molecule has 0 spiro atoms. The number of aliphatic hydroxyl groups is 1. The Balaban J connectivity index is 1.94. The van der Waals surface area contributed by atoms with Gasteiger partial charge in [0.2, 0.25) is 5.91 Å². The molecule has 1 amide bonds. The minimum atomic E-state index is -0.0727. The van der Waals surface area contributed by atoms with E-state index in [4.69, 9.17) is 21.4 Å². The van der Waals surface area contributed by atoms with E-state index in [-0.39, 0.29) is 12.5 Å². The lowest BCUT2D eigenvalue weighted by molar-refractivity contribution is -0.117. The van der Waals surface area contributed by atoms with Crippen LogP contribution in [-0.4, -0.2) is 48.8 Å². The fourth-order valence-corrected chi connectivity index (χ4v) is 3.08. The second-order valence-corrected chi connectivity index (χ2v) is 5.96. The summed E-state index contributed by atoms with van der Waals surface area (Å²) >= 11 is 5.97. The monoisotopic (exact) mass is 326 g/mol. The van der Waals surface area contributed by atoms with E-state index in [1.807, 2.05) is 0 Å². The largest absolute Gasteiger partial charge is 0.495 e.